The summed E-state index contributed by atoms with van der Waals surface area (Å²) in [7, 11) is 0. The molecule has 0 aromatic rings. The van der Waals surface area contributed by atoms with Gasteiger partial charge in [0.15, 0.2) is 0 Å². The lowest BCUT2D eigenvalue weighted by molar-refractivity contribution is -0.730. The van der Waals surface area contributed by atoms with Gasteiger partial charge in [-0.15, -0.1) is 10.1 Å². The minimum Gasteiger partial charge on any atom is -0.383 e. The predicted molar refractivity (Wildman–Crippen MR) is 24.8 cm³/mol. The summed E-state index contributed by atoms with van der Waals surface area (Å²) in [6.07, 6.45) is -1.45. The summed E-state index contributed by atoms with van der Waals surface area (Å²) < 4.78 is 0. The van der Waals surface area contributed by atoms with E-state index in [0.717, 1.165) is 6.92 Å². The highest BCUT2D eigenvalue weighted by Gasteiger charge is 2.12. The van der Waals surface area contributed by atoms with E-state index in [4.69, 9.17) is 5.11 Å². The van der Waals surface area contributed by atoms with Gasteiger partial charge in [0.05, 0.1) is 0 Å². The molecule has 0 aliphatic rings. The molecular weight excluding hydrogens is 130 g/mol. The third-order valence-corrected chi connectivity index (χ3v) is 0.506. The first-order valence-corrected chi connectivity index (χ1v) is 2.08. The molecule has 0 aromatic heterocycles. The largest absolute Gasteiger partial charge is 0.383 e. The van der Waals surface area contributed by atoms with Gasteiger partial charge in [-0.3, -0.25) is 4.79 Å². The van der Waals surface area contributed by atoms with Crippen LogP contribution in [0.25, 0.3) is 0 Å². The molecule has 0 amide bonds. The van der Waals surface area contributed by atoms with Gasteiger partial charge in [-0.2, -0.15) is 0 Å². The van der Waals surface area contributed by atoms with Crippen molar-refractivity contribution < 1.29 is 19.8 Å². The zero-order chi connectivity index (χ0) is 7.44. The molecule has 6 nitrogen and oxygen atoms in total. The van der Waals surface area contributed by atoms with E-state index in [1.807, 2.05) is 0 Å². The van der Waals surface area contributed by atoms with E-state index in [1.165, 1.54) is 0 Å². The minimum absolute atomic E-state index is 1.08. The van der Waals surface area contributed by atoms with Crippen molar-refractivity contribution in [2.24, 2.45) is 0 Å². The molecule has 1 atom stereocenters. The van der Waals surface area contributed by atoms with Crippen LogP contribution in [-0.2, 0) is 9.63 Å². The fraction of sp³-hybridized carbons (Fsp3) is 0.667. The second-order valence-corrected chi connectivity index (χ2v) is 1.31. The molecule has 1 N–H and O–H groups in total. The minimum atomic E-state index is -1.45. The molecule has 0 radical (unpaired) electrons. The molecular formula is C3H5NO5. The Morgan fingerprint density at radius 2 is 2.33 bits per heavy atom. The molecule has 52 valence electrons. The number of aliphatic hydroxyl groups is 1. The molecule has 0 saturated heterocycles. The Hall–Kier alpha value is -1.17. The van der Waals surface area contributed by atoms with Crippen LogP contribution < -0.4 is 0 Å². The molecule has 0 heterocycles. The standard InChI is InChI=1S/C3H5NO5/c1-2(5)3(6)9-4(7)8/h2,5H,1H3. The van der Waals surface area contributed by atoms with Crippen LogP contribution >= 0.6 is 0 Å². The maximum absolute atomic E-state index is 10.0. The van der Waals surface area contributed by atoms with E-state index >= 15 is 0 Å². The zero-order valence-corrected chi connectivity index (χ0v) is 4.60. The smallest absolute Gasteiger partial charge is 0.331 e. The van der Waals surface area contributed by atoms with Gasteiger partial charge in [-0.25, -0.2) is 4.84 Å². The number of rotatable bonds is 2. The number of nitrogens with zero attached hydrogens (tertiary/aromatic N) is 1. The molecule has 0 aliphatic heterocycles. The fourth-order valence-corrected chi connectivity index (χ4v) is 0.150. The Bertz CT molecular complexity index is 130. The van der Waals surface area contributed by atoms with Crippen LogP contribution in [0.2, 0.25) is 0 Å². The molecule has 9 heavy (non-hydrogen) atoms. The number of hydrogen-bond donors (Lipinski definition) is 1. The molecule has 0 aliphatic carbocycles. The van der Waals surface area contributed by atoms with Gasteiger partial charge in [0.2, 0.25) is 0 Å². The Morgan fingerprint density at radius 3 is 2.44 bits per heavy atom. The average Bonchev–Trinajstić information content (AvgIpc) is 1.63. The van der Waals surface area contributed by atoms with Crippen LogP contribution in [0, 0.1) is 10.1 Å². The molecule has 0 spiro atoms. The van der Waals surface area contributed by atoms with Crippen molar-refractivity contribution >= 4 is 5.97 Å². The lowest BCUT2D eigenvalue weighted by Gasteiger charge is -1.96. The Morgan fingerprint density at radius 1 is 1.89 bits per heavy atom. The van der Waals surface area contributed by atoms with Gasteiger partial charge in [0.1, 0.15) is 6.10 Å². The maximum Gasteiger partial charge on any atom is 0.331 e. The third kappa shape index (κ3) is 3.42. The quantitative estimate of drug-likeness (QED) is 0.391. The SMILES string of the molecule is CC(O)C(=O)O[N+](=O)[O-]. The van der Waals surface area contributed by atoms with Crippen molar-refractivity contribution in [2.45, 2.75) is 13.0 Å². The summed E-state index contributed by atoms with van der Waals surface area (Å²) in [6.45, 7) is 1.08. The number of carbonyl (C=O) groups excluding carboxylic acids is 1. The Balaban J connectivity index is 3.64. The molecule has 0 rings (SSSR count). The summed E-state index contributed by atoms with van der Waals surface area (Å²) in [5, 5.41) is 16.4. The molecule has 1 unspecified atom stereocenters. The summed E-state index contributed by atoms with van der Waals surface area (Å²) in [6, 6.07) is 0. The van der Waals surface area contributed by atoms with Gasteiger partial charge >= 0.3 is 11.1 Å². The predicted octanol–water partition coefficient (Wildman–Crippen LogP) is -0.898. The van der Waals surface area contributed by atoms with E-state index < -0.39 is 17.2 Å². The molecule has 0 bridgehead atoms. The van der Waals surface area contributed by atoms with Crippen molar-refractivity contribution in [1.29, 1.82) is 0 Å². The van der Waals surface area contributed by atoms with Gasteiger partial charge in [-0.05, 0) is 6.92 Å². The van der Waals surface area contributed by atoms with E-state index in [9.17, 15) is 14.9 Å². The van der Waals surface area contributed by atoms with Gasteiger partial charge in [0, 0.05) is 0 Å². The van der Waals surface area contributed by atoms with Gasteiger partial charge in [-0.1, -0.05) is 0 Å². The molecule has 0 aromatic carbocycles. The van der Waals surface area contributed by atoms with Crippen LogP contribution in [0.3, 0.4) is 0 Å². The topological polar surface area (TPSA) is 89.7 Å². The van der Waals surface area contributed by atoms with Crippen LogP contribution in [0.1, 0.15) is 6.92 Å². The van der Waals surface area contributed by atoms with Crippen molar-refractivity contribution in [3.8, 4) is 0 Å². The highest BCUT2D eigenvalue weighted by atomic mass is 17.0. The van der Waals surface area contributed by atoms with Crippen molar-refractivity contribution in [2.75, 3.05) is 0 Å². The number of carbonyl (C=O) groups is 1. The van der Waals surface area contributed by atoms with E-state index in [1.54, 1.807) is 0 Å². The van der Waals surface area contributed by atoms with Crippen molar-refractivity contribution in [3.63, 3.8) is 0 Å². The van der Waals surface area contributed by atoms with Crippen LogP contribution in [0.4, 0.5) is 0 Å². The maximum atomic E-state index is 10.0. The van der Waals surface area contributed by atoms with E-state index in [0.29, 0.717) is 0 Å². The summed E-state index contributed by atoms with van der Waals surface area (Å²) >= 11 is 0. The lowest BCUT2D eigenvalue weighted by Crippen LogP contribution is -2.21. The van der Waals surface area contributed by atoms with E-state index in [-0.39, 0.29) is 0 Å². The van der Waals surface area contributed by atoms with Gasteiger partial charge < -0.3 is 5.11 Å². The lowest BCUT2D eigenvalue weighted by atomic mass is 10.4. The zero-order valence-electron chi connectivity index (χ0n) is 4.60. The number of aliphatic hydroxyl groups excluding tert-OH is 1. The van der Waals surface area contributed by atoms with Crippen molar-refractivity contribution in [1.82, 2.24) is 0 Å². The third-order valence-electron chi connectivity index (χ3n) is 0.506. The first kappa shape index (κ1) is 7.83. The average molecular weight is 135 g/mol. The first-order valence-electron chi connectivity index (χ1n) is 2.08. The first-order chi connectivity index (χ1) is 4.04. The molecule has 6 heteroatoms. The van der Waals surface area contributed by atoms with Crippen LogP contribution in [-0.4, -0.2) is 22.3 Å². The highest BCUT2D eigenvalue weighted by Crippen LogP contribution is 1.85. The van der Waals surface area contributed by atoms with Gasteiger partial charge in [0.25, 0.3) is 0 Å². The Kier molecular flexibility index (Phi) is 2.59. The highest BCUT2D eigenvalue weighted by molar-refractivity contribution is 5.72. The molecule has 0 saturated carbocycles. The fourth-order valence-electron chi connectivity index (χ4n) is 0.150. The Labute approximate surface area is 50.1 Å². The normalized spacial score (nSPS) is 12.2. The molecule has 0 fully saturated rings. The van der Waals surface area contributed by atoms with Crippen LogP contribution in [0.15, 0.2) is 0 Å². The second-order valence-electron chi connectivity index (χ2n) is 1.31. The summed E-state index contributed by atoms with van der Waals surface area (Å²) in [4.78, 5) is 22.7. The monoisotopic (exact) mass is 135 g/mol. The summed E-state index contributed by atoms with van der Waals surface area (Å²) in [5.74, 6) is -1.26. The summed E-state index contributed by atoms with van der Waals surface area (Å²) in [5.41, 5.74) is 0. The van der Waals surface area contributed by atoms with E-state index in [2.05, 4.69) is 4.84 Å². The number of hydrogen-bond acceptors (Lipinski definition) is 5. The van der Waals surface area contributed by atoms with Crippen molar-refractivity contribution in [3.05, 3.63) is 10.1 Å². The second kappa shape index (κ2) is 2.98. The van der Waals surface area contributed by atoms with Crippen LogP contribution in [0.5, 0.6) is 0 Å².